The maximum Gasteiger partial charge on any atom is 0.247 e. The fourth-order valence-corrected chi connectivity index (χ4v) is 3.29. The number of aliphatic hydroxyl groups is 1. The summed E-state index contributed by atoms with van der Waals surface area (Å²) in [5.74, 6) is -2.49. The minimum Gasteiger partial charge on any atom is -0.384 e. The lowest BCUT2D eigenvalue weighted by atomic mass is 9.69. The molecule has 3 atom stereocenters. The monoisotopic (exact) mass is 298 g/mol. The van der Waals surface area contributed by atoms with Crippen molar-refractivity contribution < 1.29 is 14.7 Å². The van der Waals surface area contributed by atoms with E-state index in [0.29, 0.717) is 5.56 Å². The number of nitrogens with zero attached hydrogens (tertiary/aromatic N) is 1. The summed E-state index contributed by atoms with van der Waals surface area (Å²) in [6, 6.07) is 10.3. The van der Waals surface area contributed by atoms with Crippen LogP contribution in [-0.4, -0.2) is 16.9 Å². The normalized spacial score (nSPS) is 33.8. The van der Waals surface area contributed by atoms with Gasteiger partial charge in [0, 0.05) is 11.5 Å². The van der Waals surface area contributed by atoms with Gasteiger partial charge in [0.1, 0.15) is 11.9 Å². The molecule has 1 spiro atoms. The van der Waals surface area contributed by atoms with Gasteiger partial charge in [-0.1, -0.05) is 37.3 Å². The lowest BCUT2D eigenvalue weighted by Gasteiger charge is -2.31. The second-order valence-electron chi connectivity index (χ2n) is 5.47. The van der Waals surface area contributed by atoms with Crippen LogP contribution in [0.4, 0.5) is 0 Å². The third-order valence-electron chi connectivity index (χ3n) is 4.53. The molecule has 1 aromatic carbocycles. The van der Waals surface area contributed by atoms with E-state index < -0.39 is 28.9 Å². The molecule has 0 radical (unpaired) electrons. The van der Waals surface area contributed by atoms with Crippen molar-refractivity contribution in [2.24, 2.45) is 17.1 Å². The molecule has 2 aliphatic heterocycles. The largest absolute Gasteiger partial charge is 0.384 e. The molecule has 0 aliphatic carbocycles. The maximum absolute atomic E-state index is 12.6. The molecule has 1 fully saturated rings. The Kier molecular flexibility index (Phi) is 2.77. The topological polar surface area (TPSA) is 128 Å². The van der Waals surface area contributed by atoms with Crippen LogP contribution >= 0.6 is 0 Å². The van der Waals surface area contributed by atoms with Crippen molar-refractivity contribution in [1.82, 2.24) is 10.6 Å². The lowest BCUT2D eigenvalue weighted by molar-refractivity contribution is -0.138. The Bertz CT molecular complexity index is 752. The second-order valence-corrected chi connectivity index (χ2v) is 5.47. The first-order valence-electron chi connectivity index (χ1n) is 6.71. The van der Waals surface area contributed by atoms with Gasteiger partial charge in [0.15, 0.2) is 11.1 Å². The Morgan fingerprint density at radius 2 is 1.91 bits per heavy atom. The smallest absolute Gasteiger partial charge is 0.247 e. The van der Waals surface area contributed by atoms with E-state index in [9.17, 15) is 20.0 Å². The summed E-state index contributed by atoms with van der Waals surface area (Å²) in [5.41, 5.74) is 2.35. The van der Waals surface area contributed by atoms with E-state index >= 15 is 0 Å². The van der Waals surface area contributed by atoms with Gasteiger partial charge in [0.05, 0.1) is 5.57 Å². The van der Waals surface area contributed by atoms with E-state index in [0.717, 1.165) is 0 Å². The maximum atomic E-state index is 12.6. The quantitative estimate of drug-likeness (QED) is 0.515. The van der Waals surface area contributed by atoms with Crippen molar-refractivity contribution in [3.63, 3.8) is 0 Å². The summed E-state index contributed by atoms with van der Waals surface area (Å²) in [4.78, 5) is 24.9. The van der Waals surface area contributed by atoms with Gasteiger partial charge in [0.2, 0.25) is 11.8 Å². The van der Waals surface area contributed by atoms with Gasteiger partial charge in [0.25, 0.3) is 0 Å². The number of hydrogen-bond acceptors (Lipinski definition) is 5. The first-order chi connectivity index (χ1) is 10.4. The molecule has 3 rings (SSSR count). The van der Waals surface area contributed by atoms with Crippen LogP contribution in [-0.2, 0) is 15.3 Å². The number of carbonyl (C=O) groups excluding carboxylic acids is 2. The van der Waals surface area contributed by atoms with E-state index in [4.69, 9.17) is 5.73 Å². The second kappa shape index (κ2) is 4.32. The zero-order chi connectivity index (χ0) is 16.1. The van der Waals surface area contributed by atoms with Crippen molar-refractivity contribution in [2.75, 3.05) is 0 Å². The molecule has 1 saturated heterocycles. The zero-order valence-corrected chi connectivity index (χ0v) is 11.8. The molecule has 112 valence electrons. The molecule has 0 saturated carbocycles. The molecular weight excluding hydrogens is 284 g/mol. The van der Waals surface area contributed by atoms with E-state index in [1.54, 1.807) is 37.3 Å². The molecular formula is C15H14N4O3. The number of carbonyl (C=O) groups is 2. The van der Waals surface area contributed by atoms with Crippen LogP contribution < -0.4 is 16.4 Å². The predicted octanol–water partition coefficient (Wildman–Crippen LogP) is -0.592. The molecule has 2 aliphatic rings. The van der Waals surface area contributed by atoms with Crippen LogP contribution in [0.3, 0.4) is 0 Å². The van der Waals surface area contributed by atoms with Crippen molar-refractivity contribution in [1.29, 1.82) is 5.26 Å². The standard InChI is InChI=1S/C15H14N4O3/c1-8-14(10(7-16)11(17)18-12(14)20)13(21)19-15(8,22)9-5-3-2-4-6-9/h2-6,8,22H,17H2,1H3,(H,18,20)(H,19,21)/t8-,14+,15+/m1/s1. The van der Waals surface area contributed by atoms with Crippen LogP contribution in [0.25, 0.3) is 0 Å². The minimum atomic E-state index is -1.82. The van der Waals surface area contributed by atoms with E-state index in [1.807, 2.05) is 6.07 Å². The third-order valence-corrected chi connectivity index (χ3v) is 4.53. The number of nitrogens with one attached hydrogen (secondary N) is 2. The van der Waals surface area contributed by atoms with Gasteiger partial charge < -0.3 is 21.5 Å². The van der Waals surface area contributed by atoms with E-state index in [1.165, 1.54) is 0 Å². The molecule has 0 bridgehead atoms. The highest BCUT2D eigenvalue weighted by Crippen LogP contribution is 2.52. The Morgan fingerprint density at radius 3 is 2.50 bits per heavy atom. The van der Waals surface area contributed by atoms with Gasteiger partial charge in [-0.25, -0.2) is 0 Å². The molecule has 2 amide bonds. The Balaban J connectivity index is 2.20. The van der Waals surface area contributed by atoms with Gasteiger partial charge >= 0.3 is 0 Å². The average molecular weight is 298 g/mol. The van der Waals surface area contributed by atoms with Gasteiger partial charge in [-0.15, -0.1) is 0 Å². The summed E-state index contributed by atoms with van der Waals surface area (Å²) in [5, 5.41) is 25.1. The summed E-state index contributed by atoms with van der Waals surface area (Å²) in [7, 11) is 0. The predicted molar refractivity (Wildman–Crippen MR) is 75.0 cm³/mol. The Morgan fingerprint density at radius 1 is 1.27 bits per heavy atom. The average Bonchev–Trinajstić information content (AvgIpc) is 2.88. The summed E-state index contributed by atoms with van der Waals surface area (Å²) in [6.45, 7) is 1.54. The molecule has 7 nitrogen and oxygen atoms in total. The number of hydrogen-bond donors (Lipinski definition) is 4. The fourth-order valence-electron chi connectivity index (χ4n) is 3.29. The molecule has 1 aromatic rings. The summed E-state index contributed by atoms with van der Waals surface area (Å²) < 4.78 is 0. The SMILES string of the molecule is C[C@@H]1[C@]2(C(=O)NC(N)=C2C#N)C(=O)N[C@@]1(O)c1ccccc1. The number of rotatable bonds is 1. The summed E-state index contributed by atoms with van der Waals surface area (Å²) in [6.07, 6.45) is 0. The molecule has 0 aromatic heterocycles. The van der Waals surface area contributed by atoms with Crippen molar-refractivity contribution in [2.45, 2.75) is 12.6 Å². The number of amides is 2. The van der Waals surface area contributed by atoms with Crippen molar-refractivity contribution in [3.05, 3.63) is 47.3 Å². The highest BCUT2D eigenvalue weighted by molar-refractivity contribution is 6.14. The Hall–Kier alpha value is -2.85. The molecule has 2 heterocycles. The van der Waals surface area contributed by atoms with Gasteiger partial charge in [-0.3, -0.25) is 9.59 Å². The van der Waals surface area contributed by atoms with Crippen LogP contribution in [0.2, 0.25) is 0 Å². The first kappa shape index (κ1) is 14.1. The van der Waals surface area contributed by atoms with Crippen LogP contribution in [0.15, 0.2) is 41.7 Å². The molecule has 5 N–H and O–H groups in total. The number of benzene rings is 1. The zero-order valence-electron chi connectivity index (χ0n) is 11.8. The van der Waals surface area contributed by atoms with E-state index in [2.05, 4.69) is 10.6 Å². The highest BCUT2D eigenvalue weighted by atomic mass is 16.3. The van der Waals surface area contributed by atoms with Crippen LogP contribution in [0.1, 0.15) is 12.5 Å². The number of nitrogens with two attached hydrogens (primary N) is 1. The van der Waals surface area contributed by atoms with Crippen LogP contribution in [0.5, 0.6) is 0 Å². The van der Waals surface area contributed by atoms with E-state index in [-0.39, 0.29) is 11.4 Å². The highest BCUT2D eigenvalue weighted by Gasteiger charge is 2.69. The minimum absolute atomic E-state index is 0.146. The van der Waals surface area contributed by atoms with Gasteiger partial charge in [-0.2, -0.15) is 5.26 Å². The first-order valence-corrected chi connectivity index (χ1v) is 6.71. The lowest BCUT2D eigenvalue weighted by Crippen LogP contribution is -2.45. The molecule has 22 heavy (non-hydrogen) atoms. The molecule has 7 heteroatoms. The Labute approximate surface area is 126 Å². The fraction of sp³-hybridized carbons (Fsp3) is 0.267. The molecule has 0 unspecified atom stereocenters. The van der Waals surface area contributed by atoms with Gasteiger partial charge in [-0.05, 0) is 0 Å². The third kappa shape index (κ3) is 1.42. The van der Waals surface area contributed by atoms with Crippen LogP contribution in [0, 0.1) is 22.7 Å². The van der Waals surface area contributed by atoms with Crippen molar-refractivity contribution >= 4 is 11.8 Å². The summed E-state index contributed by atoms with van der Waals surface area (Å²) >= 11 is 0. The number of nitriles is 1. The van der Waals surface area contributed by atoms with Crippen molar-refractivity contribution in [3.8, 4) is 6.07 Å².